The van der Waals surface area contributed by atoms with Crippen LogP contribution in [0.15, 0.2) is 46.9 Å². The molecule has 2 aromatic carbocycles. The second kappa shape index (κ2) is 8.77. The Labute approximate surface area is 164 Å². The molecule has 0 saturated heterocycles. The summed E-state index contributed by atoms with van der Waals surface area (Å²) in [7, 11) is 0. The topological polar surface area (TPSA) is 87.7 Å². The van der Waals surface area contributed by atoms with Gasteiger partial charge >= 0.3 is 5.97 Å². The number of thiocarbonyl (C=S) groups is 1. The molecule has 0 radical (unpaired) electrons. The molecule has 2 rings (SSSR count). The minimum Gasteiger partial charge on any atom is -0.491 e. The maximum atomic E-state index is 12.3. The van der Waals surface area contributed by atoms with Gasteiger partial charge in [-0.2, -0.15) is 0 Å². The fourth-order valence-electron chi connectivity index (χ4n) is 2.07. The van der Waals surface area contributed by atoms with Crippen LogP contribution in [0.3, 0.4) is 0 Å². The summed E-state index contributed by atoms with van der Waals surface area (Å²) in [6.07, 6.45) is -0.00471. The number of nitrogens with one attached hydrogen (secondary N) is 2. The molecule has 0 aliphatic carbocycles. The van der Waals surface area contributed by atoms with Crippen molar-refractivity contribution in [1.29, 1.82) is 0 Å². The number of amides is 1. The van der Waals surface area contributed by atoms with Crippen molar-refractivity contribution in [1.82, 2.24) is 5.32 Å². The van der Waals surface area contributed by atoms with Crippen LogP contribution in [0.25, 0.3) is 0 Å². The molecular weight excluding hydrogens is 420 g/mol. The molecule has 0 aliphatic rings. The number of aromatic carboxylic acids is 1. The number of carbonyl (C=O) groups excluding carboxylic acids is 1. The summed E-state index contributed by atoms with van der Waals surface area (Å²) >= 11 is 8.45. The zero-order valence-corrected chi connectivity index (χ0v) is 16.5. The number of benzene rings is 2. The largest absolute Gasteiger partial charge is 0.491 e. The Morgan fingerprint density at radius 1 is 1.15 bits per heavy atom. The second-order valence-electron chi connectivity index (χ2n) is 5.60. The fraction of sp³-hybridized carbons (Fsp3) is 0.167. The van der Waals surface area contributed by atoms with Crippen LogP contribution in [-0.4, -0.2) is 28.2 Å². The lowest BCUT2D eigenvalue weighted by Crippen LogP contribution is -2.34. The standard InChI is InChI=1S/C18H17BrN2O4S/c1-10(2)25-13-5-3-4-11(8-13)16(22)21-18(26)20-15-9-12(17(23)24)6-7-14(15)19/h3-10H,1-2H3,(H,23,24)(H2,20,21,22,26). The molecule has 26 heavy (non-hydrogen) atoms. The number of carbonyl (C=O) groups is 2. The lowest BCUT2D eigenvalue weighted by Gasteiger charge is -2.13. The molecule has 3 N–H and O–H groups in total. The second-order valence-corrected chi connectivity index (χ2v) is 6.87. The normalized spacial score (nSPS) is 10.3. The van der Waals surface area contributed by atoms with Crippen molar-refractivity contribution in [2.24, 2.45) is 0 Å². The van der Waals surface area contributed by atoms with Crippen LogP contribution in [0.4, 0.5) is 5.69 Å². The van der Waals surface area contributed by atoms with E-state index in [9.17, 15) is 9.59 Å². The highest BCUT2D eigenvalue weighted by atomic mass is 79.9. The van der Waals surface area contributed by atoms with Crippen molar-refractivity contribution < 1.29 is 19.4 Å². The molecule has 6 nitrogen and oxygen atoms in total. The van der Waals surface area contributed by atoms with E-state index in [-0.39, 0.29) is 16.8 Å². The Morgan fingerprint density at radius 3 is 2.54 bits per heavy atom. The predicted octanol–water partition coefficient (Wildman–Crippen LogP) is 4.06. The molecule has 0 unspecified atom stereocenters. The molecule has 0 aromatic heterocycles. The van der Waals surface area contributed by atoms with Gasteiger partial charge in [-0.3, -0.25) is 10.1 Å². The highest BCUT2D eigenvalue weighted by molar-refractivity contribution is 9.10. The number of anilines is 1. The molecule has 2 aromatic rings. The summed E-state index contributed by atoms with van der Waals surface area (Å²) in [5, 5.41) is 14.5. The number of carboxylic acids is 1. The van der Waals surface area contributed by atoms with E-state index in [0.717, 1.165) is 0 Å². The highest BCUT2D eigenvalue weighted by Crippen LogP contribution is 2.23. The summed E-state index contributed by atoms with van der Waals surface area (Å²) in [5.41, 5.74) is 0.932. The van der Waals surface area contributed by atoms with Crippen LogP contribution in [0, 0.1) is 0 Å². The molecule has 0 fully saturated rings. The van der Waals surface area contributed by atoms with Gasteiger partial charge in [-0.25, -0.2) is 4.79 Å². The van der Waals surface area contributed by atoms with Gasteiger partial charge in [0.2, 0.25) is 0 Å². The van der Waals surface area contributed by atoms with Crippen LogP contribution in [0.5, 0.6) is 5.75 Å². The maximum Gasteiger partial charge on any atom is 0.335 e. The SMILES string of the molecule is CC(C)Oc1cccc(C(=O)NC(=S)Nc2cc(C(=O)O)ccc2Br)c1. The van der Waals surface area contributed by atoms with Crippen molar-refractivity contribution in [2.45, 2.75) is 20.0 Å². The van der Waals surface area contributed by atoms with Gasteiger partial charge in [-0.1, -0.05) is 6.07 Å². The Bertz CT molecular complexity index is 855. The quantitative estimate of drug-likeness (QED) is 0.612. The third-order valence-corrected chi connectivity index (χ3v) is 4.05. The maximum absolute atomic E-state index is 12.3. The summed E-state index contributed by atoms with van der Waals surface area (Å²) in [4.78, 5) is 23.4. The lowest BCUT2D eigenvalue weighted by molar-refractivity contribution is 0.0696. The first kappa shape index (κ1) is 19.9. The van der Waals surface area contributed by atoms with Gasteiger partial charge in [0.05, 0.1) is 17.4 Å². The van der Waals surface area contributed by atoms with Gasteiger partial charge < -0.3 is 15.2 Å². The van der Waals surface area contributed by atoms with Gasteiger partial charge in [0, 0.05) is 10.0 Å². The summed E-state index contributed by atoms with van der Waals surface area (Å²) in [6, 6.07) is 11.2. The zero-order valence-electron chi connectivity index (χ0n) is 14.1. The number of carboxylic acid groups (broad SMARTS) is 1. The van der Waals surface area contributed by atoms with E-state index in [0.29, 0.717) is 21.5 Å². The third kappa shape index (κ3) is 5.53. The average molecular weight is 437 g/mol. The molecule has 0 aliphatic heterocycles. The number of hydrogen-bond acceptors (Lipinski definition) is 4. The number of halogens is 1. The Balaban J connectivity index is 2.07. The molecule has 136 valence electrons. The monoisotopic (exact) mass is 436 g/mol. The van der Waals surface area contributed by atoms with Crippen LogP contribution in [0.2, 0.25) is 0 Å². The molecule has 1 amide bonds. The first-order valence-corrected chi connectivity index (χ1v) is 8.88. The number of ether oxygens (including phenoxy) is 1. The van der Waals surface area contributed by atoms with Crippen molar-refractivity contribution in [3.05, 3.63) is 58.1 Å². The smallest absolute Gasteiger partial charge is 0.335 e. The zero-order chi connectivity index (χ0) is 19.3. The summed E-state index contributed by atoms with van der Waals surface area (Å²) in [5.74, 6) is -0.872. The lowest BCUT2D eigenvalue weighted by atomic mass is 10.2. The van der Waals surface area contributed by atoms with Crippen LogP contribution < -0.4 is 15.4 Å². The molecule has 0 atom stereocenters. The van der Waals surface area contributed by atoms with Crippen molar-refractivity contribution in [3.8, 4) is 5.75 Å². The van der Waals surface area contributed by atoms with Gasteiger partial charge in [0.15, 0.2) is 5.11 Å². The minimum absolute atomic E-state index is 0.00471. The molecule has 0 bridgehead atoms. The highest BCUT2D eigenvalue weighted by Gasteiger charge is 2.12. The third-order valence-electron chi connectivity index (χ3n) is 3.16. The van der Waals surface area contributed by atoms with E-state index >= 15 is 0 Å². The van der Waals surface area contributed by atoms with Crippen molar-refractivity contribution >= 4 is 50.8 Å². The first-order chi connectivity index (χ1) is 12.3. The van der Waals surface area contributed by atoms with Gasteiger partial charge in [0.25, 0.3) is 5.91 Å². The van der Waals surface area contributed by atoms with E-state index in [1.54, 1.807) is 30.3 Å². The summed E-state index contributed by atoms with van der Waals surface area (Å²) < 4.78 is 6.18. The fourth-order valence-corrected chi connectivity index (χ4v) is 2.61. The minimum atomic E-state index is -1.06. The van der Waals surface area contributed by atoms with Crippen LogP contribution in [0.1, 0.15) is 34.6 Å². The van der Waals surface area contributed by atoms with Crippen molar-refractivity contribution in [2.75, 3.05) is 5.32 Å². The van der Waals surface area contributed by atoms with E-state index < -0.39 is 11.9 Å². The first-order valence-electron chi connectivity index (χ1n) is 7.68. The molecular formula is C18H17BrN2O4S. The molecule has 0 saturated carbocycles. The Morgan fingerprint density at radius 2 is 1.88 bits per heavy atom. The predicted molar refractivity (Wildman–Crippen MR) is 107 cm³/mol. The molecule has 0 heterocycles. The van der Waals surface area contributed by atoms with Crippen LogP contribution in [-0.2, 0) is 0 Å². The summed E-state index contributed by atoms with van der Waals surface area (Å²) in [6.45, 7) is 3.80. The van der Waals surface area contributed by atoms with Crippen LogP contribution >= 0.6 is 28.1 Å². The van der Waals surface area contributed by atoms with Crippen molar-refractivity contribution in [3.63, 3.8) is 0 Å². The van der Waals surface area contributed by atoms with E-state index in [4.69, 9.17) is 22.1 Å². The van der Waals surface area contributed by atoms with Gasteiger partial charge in [-0.05, 0) is 78.4 Å². The van der Waals surface area contributed by atoms with E-state index in [1.807, 2.05) is 13.8 Å². The number of hydrogen-bond donors (Lipinski definition) is 3. The Kier molecular flexibility index (Phi) is 6.70. The van der Waals surface area contributed by atoms with Gasteiger partial charge in [0.1, 0.15) is 5.75 Å². The average Bonchev–Trinajstić information content (AvgIpc) is 2.56. The van der Waals surface area contributed by atoms with E-state index in [2.05, 4.69) is 26.6 Å². The molecule has 8 heteroatoms. The molecule has 0 spiro atoms. The number of rotatable bonds is 5. The Hall–Kier alpha value is -2.45. The van der Waals surface area contributed by atoms with E-state index in [1.165, 1.54) is 12.1 Å². The van der Waals surface area contributed by atoms with Gasteiger partial charge in [-0.15, -0.1) is 0 Å².